The fourth-order valence-corrected chi connectivity index (χ4v) is 1.25. The molecule has 76 valence electrons. The van der Waals surface area contributed by atoms with Gasteiger partial charge in [0, 0.05) is 6.07 Å². The third kappa shape index (κ3) is 2.76. The maximum atomic E-state index is 11.8. The number of halogens is 3. The Kier molecular flexibility index (Phi) is 3.55. The molecule has 0 N–H and O–H groups in total. The highest BCUT2D eigenvalue weighted by Crippen LogP contribution is 2.27. The van der Waals surface area contributed by atoms with E-state index in [1.165, 1.54) is 12.1 Å². The normalized spacial score (nSPS) is 10.3. The molecule has 14 heavy (non-hydrogen) atoms. The lowest BCUT2D eigenvalue weighted by Crippen LogP contribution is -2.03. The summed E-state index contributed by atoms with van der Waals surface area (Å²) in [5.74, 6) is -0.185. The van der Waals surface area contributed by atoms with Crippen LogP contribution in [0, 0.1) is 13.7 Å². The highest BCUT2D eigenvalue weighted by atomic mass is 127. The molecular formula is C7H4F2INO3. The van der Waals surface area contributed by atoms with Crippen LogP contribution in [0.2, 0.25) is 0 Å². The van der Waals surface area contributed by atoms with Crippen molar-refractivity contribution in [1.82, 2.24) is 0 Å². The van der Waals surface area contributed by atoms with E-state index in [0.29, 0.717) is 3.57 Å². The van der Waals surface area contributed by atoms with Crippen LogP contribution in [0.3, 0.4) is 0 Å². The molecule has 4 nitrogen and oxygen atoms in total. The molecule has 0 aromatic heterocycles. The molecule has 0 aliphatic carbocycles. The first-order valence-corrected chi connectivity index (χ1v) is 4.47. The van der Waals surface area contributed by atoms with Crippen LogP contribution in [0.5, 0.6) is 5.75 Å². The Bertz CT molecular complexity index is 359. The smallest absolute Gasteiger partial charge is 0.387 e. The lowest BCUT2D eigenvalue weighted by molar-refractivity contribution is -0.385. The molecule has 0 atom stereocenters. The predicted octanol–water partition coefficient (Wildman–Crippen LogP) is 2.80. The molecule has 0 saturated carbocycles. The molecule has 0 amide bonds. The summed E-state index contributed by atoms with van der Waals surface area (Å²) in [7, 11) is 0. The Morgan fingerprint density at radius 2 is 2.14 bits per heavy atom. The number of nitro benzene ring substituents is 1. The number of nitro groups is 1. The van der Waals surface area contributed by atoms with Gasteiger partial charge in [0.25, 0.3) is 5.69 Å². The second-order valence-electron chi connectivity index (χ2n) is 2.25. The Balaban J connectivity index is 3.02. The van der Waals surface area contributed by atoms with Crippen molar-refractivity contribution in [3.8, 4) is 5.75 Å². The SMILES string of the molecule is O=[N+]([O-])c1ccc(I)c(OC(F)F)c1. The molecule has 0 bridgehead atoms. The monoisotopic (exact) mass is 315 g/mol. The molecule has 0 fully saturated rings. The second kappa shape index (κ2) is 4.49. The van der Waals surface area contributed by atoms with E-state index >= 15 is 0 Å². The minimum absolute atomic E-state index is 0.185. The second-order valence-corrected chi connectivity index (χ2v) is 3.41. The van der Waals surface area contributed by atoms with Gasteiger partial charge in [-0.1, -0.05) is 0 Å². The number of non-ortho nitro benzene ring substituents is 1. The predicted molar refractivity (Wildman–Crippen MR) is 52.4 cm³/mol. The van der Waals surface area contributed by atoms with Crippen LogP contribution in [0.4, 0.5) is 14.5 Å². The summed E-state index contributed by atoms with van der Waals surface area (Å²) in [6.07, 6.45) is 0. The third-order valence-corrected chi connectivity index (χ3v) is 2.23. The lowest BCUT2D eigenvalue weighted by Gasteiger charge is -2.05. The van der Waals surface area contributed by atoms with Gasteiger partial charge in [-0.3, -0.25) is 10.1 Å². The zero-order valence-corrected chi connectivity index (χ0v) is 8.77. The van der Waals surface area contributed by atoms with Crippen LogP contribution in [-0.4, -0.2) is 11.5 Å². The standard InChI is InChI=1S/C7H4F2INO3/c8-7(9)14-6-3-4(11(12)13)1-2-5(6)10/h1-3,7H. The van der Waals surface area contributed by atoms with Crippen molar-refractivity contribution in [2.24, 2.45) is 0 Å². The van der Waals surface area contributed by atoms with Gasteiger partial charge in [0.2, 0.25) is 0 Å². The van der Waals surface area contributed by atoms with Crippen LogP contribution in [0.1, 0.15) is 0 Å². The van der Waals surface area contributed by atoms with Gasteiger partial charge in [-0.05, 0) is 28.7 Å². The van der Waals surface area contributed by atoms with E-state index in [9.17, 15) is 18.9 Å². The number of ether oxygens (including phenoxy) is 1. The lowest BCUT2D eigenvalue weighted by atomic mass is 10.3. The van der Waals surface area contributed by atoms with Crippen molar-refractivity contribution in [1.29, 1.82) is 0 Å². The minimum atomic E-state index is -2.98. The molecule has 0 aliphatic heterocycles. The average molecular weight is 315 g/mol. The van der Waals surface area contributed by atoms with Gasteiger partial charge in [-0.15, -0.1) is 0 Å². The Hall–Kier alpha value is -0.990. The van der Waals surface area contributed by atoms with Gasteiger partial charge < -0.3 is 4.74 Å². The molecule has 1 aromatic rings. The van der Waals surface area contributed by atoms with Crippen LogP contribution < -0.4 is 4.74 Å². The largest absolute Gasteiger partial charge is 0.433 e. The summed E-state index contributed by atoms with van der Waals surface area (Å²) < 4.78 is 28.2. The highest BCUT2D eigenvalue weighted by molar-refractivity contribution is 14.1. The van der Waals surface area contributed by atoms with Gasteiger partial charge in [0.05, 0.1) is 14.6 Å². The van der Waals surface area contributed by atoms with E-state index in [-0.39, 0.29) is 11.4 Å². The fourth-order valence-electron chi connectivity index (χ4n) is 0.792. The van der Waals surface area contributed by atoms with Crippen molar-refractivity contribution in [3.05, 3.63) is 31.9 Å². The van der Waals surface area contributed by atoms with Gasteiger partial charge in [0.15, 0.2) is 0 Å². The number of hydrogen-bond donors (Lipinski definition) is 0. The first-order chi connectivity index (χ1) is 6.50. The van der Waals surface area contributed by atoms with Crippen molar-refractivity contribution in [2.45, 2.75) is 6.61 Å². The molecule has 0 spiro atoms. The molecule has 0 aliphatic rings. The maximum absolute atomic E-state index is 11.8. The molecule has 0 radical (unpaired) electrons. The van der Waals surface area contributed by atoms with Gasteiger partial charge in [-0.2, -0.15) is 8.78 Å². The molecule has 0 saturated heterocycles. The topological polar surface area (TPSA) is 52.4 Å². The zero-order valence-electron chi connectivity index (χ0n) is 6.62. The van der Waals surface area contributed by atoms with E-state index in [0.717, 1.165) is 6.07 Å². The first-order valence-electron chi connectivity index (χ1n) is 3.39. The molecule has 1 aromatic carbocycles. The Morgan fingerprint density at radius 1 is 1.50 bits per heavy atom. The van der Waals surface area contributed by atoms with Gasteiger partial charge in [0.1, 0.15) is 5.75 Å². The van der Waals surface area contributed by atoms with Crippen molar-refractivity contribution < 1.29 is 18.4 Å². The summed E-state index contributed by atoms with van der Waals surface area (Å²) in [5.41, 5.74) is -0.277. The average Bonchev–Trinajstić information content (AvgIpc) is 2.07. The molecule has 7 heteroatoms. The van der Waals surface area contributed by atoms with Crippen LogP contribution in [0.15, 0.2) is 18.2 Å². The zero-order chi connectivity index (χ0) is 10.7. The third-order valence-electron chi connectivity index (χ3n) is 1.34. The summed E-state index contributed by atoms with van der Waals surface area (Å²) >= 11 is 1.75. The quantitative estimate of drug-likeness (QED) is 0.490. The minimum Gasteiger partial charge on any atom is -0.433 e. The summed E-state index contributed by atoms with van der Waals surface area (Å²) in [4.78, 5) is 9.64. The van der Waals surface area contributed by atoms with Gasteiger partial charge >= 0.3 is 6.61 Å². The van der Waals surface area contributed by atoms with Crippen molar-refractivity contribution in [3.63, 3.8) is 0 Å². The highest BCUT2D eigenvalue weighted by Gasteiger charge is 2.13. The van der Waals surface area contributed by atoms with Crippen molar-refractivity contribution in [2.75, 3.05) is 0 Å². The summed E-state index contributed by atoms with van der Waals surface area (Å²) in [5, 5.41) is 10.3. The van der Waals surface area contributed by atoms with Gasteiger partial charge in [-0.25, -0.2) is 0 Å². The molecule has 1 rings (SSSR count). The van der Waals surface area contributed by atoms with Crippen LogP contribution in [-0.2, 0) is 0 Å². The Labute approximate surface area is 91.2 Å². The number of alkyl halides is 2. The number of rotatable bonds is 3. The first kappa shape index (κ1) is 11.1. The molecule has 0 unspecified atom stereocenters. The van der Waals surface area contributed by atoms with E-state index in [2.05, 4.69) is 4.74 Å². The number of benzene rings is 1. The van der Waals surface area contributed by atoms with E-state index in [1.807, 2.05) is 0 Å². The van der Waals surface area contributed by atoms with Crippen LogP contribution in [0.25, 0.3) is 0 Å². The summed E-state index contributed by atoms with van der Waals surface area (Å²) in [6.45, 7) is -2.98. The fraction of sp³-hybridized carbons (Fsp3) is 0.143. The summed E-state index contributed by atoms with van der Waals surface area (Å²) in [6, 6.07) is 3.53. The number of hydrogen-bond acceptors (Lipinski definition) is 3. The Morgan fingerprint density at radius 3 is 2.64 bits per heavy atom. The molecule has 0 heterocycles. The van der Waals surface area contributed by atoms with E-state index < -0.39 is 11.5 Å². The van der Waals surface area contributed by atoms with E-state index in [1.54, 1.807) is 22.6 Å². The number of nitrogens with zero attached hydrogens (tertiary/aromatic N) is 1. The van der Waals surface area contributed by atoms with Crippen molar-refractivity contribution >= 4 is 28.3 Å². The molecular weight excluding hydrogens is 311 g/mol. The van der Waals surface area contributed by atoms with Crippen LogP contribution >= 0.6 is 22.6 Å². The van der Waals surface area contributed by atoms with E-state index in [4.69, 9.17) is 0 Å². The maximum Gasteiger partial charge on any atom is 0.387 e.